The molecule has 0 saturated carbocycles. The number of aryl methyl sites for hydroxylation is 1. The first-order valence-corrected chi connectivity index (χ1v) is 10.1. The highest BCUT2D eigenvalue weighted by Gasteiger charge is 2.18. The monoisotopic (exact) mass is 443 g/mol. The first-order chi connectivity index (χ1) is 14.9. The van der Waals surface area contributed by atoms with E-state index < -0.39 is 4.92 Å². The Morgan fingerprint density at radius 1 is 1.26 bits per heavy atom. The molecule has 3 rings (SSSR count). The molecule has 10 heteroatoms. The number of carbonyl (C=O) groups is 1. The van der Waals surface area contributed by atoms with Crippen LogP contribution < -0.4 is 5.32 Å². The number of rotatable bonds is 9. The number of nitro benzene ring substituents is 1. The van der Waals surface area contributed by atoms with E-state index in [1.807, 2.05) is 24.0 Å². The Balaban J connectivity index is 1.68. The summed E-state index contributed by atoms with van der Waals surface area (Å²) in [4.78, 5) is 25.0. The van der Waals surface area contributed by atoms with Crippen molar-refractivity contribution in [1.29, 1.82) is 0 Å². The average molecular weight is 444 g/mol. The van der Waals surface area contributed by atoms with Gasteiger partial charge in [0.2, 0.25) is 17.7 Å². The van der Waals surface area contributed by atoms with E-state index in [1.54, 1.807) is 25.1 Å². The third-order valence-corrected chi connectivity index (χ3v) is 4.87. The maximum absolute atomic E-state index is 12.6. The lowest BCUT2D eigenvalue weighted by molar-refractivity contribution is -0.384. The molecule has 1 N–H and O–H groups in total. The minimum absolute atomic E-state index is 0.0692. The summed E-state index contributed by atoms with van der Waals surface area (Å²) < 4.78 is 5.73. The first kappa shape index (κ1) is 22.4. The molecule has 0 aliphatic heterocycles. The second-order valence-corrected chi connectivity index (χ2v) is 7.40. The van der Waals surface area contributed by atoms with Crippen LogP contribution >= 0.6 is 11.6 Å². The standard InChI is InChI=1S/C21H22ClN5O4/c1-3-10-26(12-19(28)23-18-11-15(27(29)30)9-8-14(18)2)13-20-24-25-21(31-20)16-6-4-5-7-17(16)22/h4-9,11H,3,10,12-13H2,1-2H3,(H,23,28). The number of nitrogens with one attached hydrogen (secondary N) is 1. The second kappa shape index (κ2) is 10.1. The van der Waals surface area contributed by atoms with Crippen molar-refractivity contribution < 1.29 is 14.1 Å². The number of carbonyl (C=O) groups excluding carboxylic acids is 1. The summed E-state index contributed by atoms with van der Waals surface area (Å²) in [6, 6.07) is 11.5. The Bertz CT molecular complexity index is 1090. The van der Waals surface area contributed by atoms with Crippen LogP contribution in [0.1, 0.15) is 24.8 Å². The Morgan fingerprint density at radius 3 is 2.74 bits per heavy atom. The van der Waals surface area contributed by atoms with E-state index in [1.165, 1.54) is 12.1 Å². The summed E-state index contributed by atoms with van der Waals surface area (Å²) >= 11 is 6.18. The van der Waals surface area contributed by atoms with Crippen molar-refractivity contribution in [2.75, 3.05) is 18.4 Å². The zero-order valence-corrected chi connectivity index (χ0v) is 17.9. The summed E-state index contributed by atoms with van der Waals surface area (Å²) in [6.45, 7) is 4.76. The van der Waals surface area contributed by atoms with E-state index in [0.29, 0.717) is 34.6 Å². The van der Waals surface area contributed by atoms with Crippen LogP contribution in [0.25, 0.3) is 11.5 Å². The zero-order chi connectivity index (χ0) is 22.4. The van der Waals surface area contributed by atoms with Crippen molar-refractivity contribution in [3.8, 4) is 11.5 Å². The molecule has 0 aliphatic rings. The molecular weight excluding hydrogens is 422 g/mol. The maximum atomic E-state index is 12.6. The zero-order valence-electron chi connectivity index (χ0n) is 17.2. The number of amides is 1. The van der Waals surface area contributed by atoms with Gasteiger partial charge in [0.15, 0.2) is 0 Å². The van der Waals surface area contributed by atoms with Crippen LogP contribution in [-0.2, 0) is 11.3 Å². The molecule has 9 nitrogen and oxygen atoms in total. The summed E-state index contributed by atoms with van der Waals surface area (Å²) in [5.74, 6) is 0.388. The number of hydrogen-bond acceptors (Lipinski definition) is 7. The summed E-state index contributed by atoms with van der Waals surface area (Å²) in [5, 5.41) is 22.4. The fourth-order valence-electron chi connectivity index (χ4n) is 3.03. The van der Waals surface area contributed by atoms with Crippen molar-refractivity contribution in [2.45, 2.75) is 26.8 Å². The molecule has 1 amide bonds. The van der Waals surface area contributed by atoms with Crippen molar-refractivity contribution in [3.63, 3.8) is 0 Å². The predicted octanol–water partition coefficient (Wildman–Crippen LogP) is 4.46. The molecule has 0 unspecified atom stereocenters. The smallest absolute Gasteiger partial charge is 0.271 e. The van der Waals surface area contributed by atoms with Crippen molar-refractivity contribution in [2.24, 2.45) is 0 Å². The van der Waals surface area contributed by atoms with Gasteiger partial charge in [-0.25, -0.2) is 0 Å². The number of hydrogen-bond donors (Lipinski definition) is 1. The number of anilines is 1. The van der Waals surface area contributed by atoms with Gasteiger partial charge in [0, 0.05) is 12.1 Å². The van der Waals surface area contributed by atoms with E-state index in [2.05, 4.69) is 15.5 Å². The molecule has 1 heterocycles. The minimum Gasteiger partial charge on any atom is -0.419 e. The van der Waals surface area contributed by atoms with Gasteiger partial charge in [0.05, 0.1) is 34.3 Å². The molecule has 162 valence electrons. The third-order valence-electron chi connectivity index (χ3n) is 4.54. The Hall–Kier alpha value is -3.30. The van der Waals surface area contributed by atoms with E-state index in [9.17, 15) is 14.9 Å². The number of nitro groups is 1. The van der Waals surface area contributed by atoms with Gasteiger partial charge in [-0.15, -0.1) is 10.2 Å². The van der Waals surface area contributed by atoms with Crippen molar-refractivity contribution >= 4 is 28.9 Å². The highest BCUT2D eigenvalue weighted by atomic mass is 35.5. The molecule has 0 atom stereocenters. The van der Waals surface area contributed by atoms with Gasteiger partial charge in [-0.1, -0.05) is 36.7 Å². The van der Waals surface area contributed by atoms with Crippen LogP contribution in [0.3, 0.4) is 0 Å². The first-order valence-electron chi connectivity index (χ1n) is 9.72. The highest BCUT2D eigenvalue weighted by molar-refractivity contribution is 6.33. The summed E-state index contributed by atoms with van der Waals surface area (Å²) in [7, 11) is 0. The van der Waals surface area contributed by atoms with Gasteiger partial charge < -0.3 is 9.73 Å². The van der Waals surface area contributed by atoms with E-state index >= 15 is 0 Å². The molecule has 0 saturated heterocycles. The maximum Gasteiger partial charge on any atom is 0.271 e. The molecule has 0 radical (unpaired) electrons. The number of nitrogens with zero attached hydrogens (tertiary/aromatic N) is 4. The molecule has 1 aromatic heterocycles. The molecular formula is C21H22ClN5O4. The number of benzene rings is 2. The third kappa shape index (κ3) is 5.87. The fourth-order valence-corrected chi connectivity index (χ4v) is 3.25. The normalized spacial score (nSPS) is 11.0. The van der Waals surface area contributed by atoms with Gasteiger partial charge in [0.25, 0.3) is 5.69 Å². The van der Waals surface area contributed by atoms with E-state index in [0.717, 1.165) is 12.0 Å². The van der Waals surface area contributed by atoms with Crippen LogP contribution in [0.15, 0.2) is 46.9 Å². The Morgan fingerprint density at radius 2 is 2.03 bits per heavy atom. The van der Waals surface area contributed by atoms with Gasteiger partial charge in [-0.3, -0.25) is 19.8 Å². The van der Waals surface area contributed by atoms with Crippen LogP contribution in [0.2, 0.25) is 5.02 Å². The van der Waals surface area contributed by atoms with E-state index in [4.69, 9.17) is 16.0 Å². The summed E-state index contributed by atoms with van der Waals surface area (Å²) in [6.07, 6.45) is 0.814. The van der Waals surface area contributed by atoms with Crippen LogP contribution in [0.4, 0.5) is 11.4 Å². The molecule has 0 aliphatic carbocycles. The molecule has 0 bridgehead atoms. The fraction of sp³-hybridized carbons (Fsp3) is 0.286. The molecule has 31 heavy (non-hydrogen) atoms. The van der Waals surface area contributed by atoms with Gasteiger partial charge >= 0.3 is 0 Å². The molecule has 3 aromatic rings. The lowest BCUT2D eigenvalue weighted by Gasteiger charge is -2.19. The van der Waals surface area contributed by atoms with Gasteiger partial charge in [-0.05, 0) is 37.6 Å². The molecule has 2 aromatic carbocycles. The summed E-state index contributed by atoms with van der Waals surface area (Å²) in [5.41, 5.74) is 1.71. The van der Waals surface area contributed by atoms with Crippen LogP contribution in [0, 0.1) is 17.0 Å². The van der Waals surface area contributed by atoms with E-state index in [-0.39, 0.29) is 24.7 Å². The van der Waals surface area contributed by atoms with Crippen LogP contribution in [0.5, 0.6) is 0 Å². The van der Waals surface area contributed by atoms with Crippen molar-refractivity contribution in [1.82, 2.24) is 15.1 Å². The lowest BCUT2D eigenvalue weighted by Crippen LogP contribution is -2.33. The SMILES string of the molecule is CCCN(CC(=O)Nc1cc([N+](=O)[O-])ccc1C)Cc1nnc(-c2ccccc2Cl)o1. The average Bonchev–Trinajstić information content (AvgIpc) is 3.18. The Labute approximate surface area is 184 Å². The quantitative estimate of drug-likeness (QED) is 0.383. The van der Waals surface area contributed by atoms with Crippen LogP contribution in [-0.4, -0.2) is 39.0 Å². The van der Waals surface area contributed by atoms with Gasteiger partial charge in [0.1, 0.15) is 0 Å². The topological polar surface area (TPSA) is 114 Å². The largest absolute Gasteiger partial charge is 0.419 e. The molecule has 0 spiro atoms. The lowest BCUT2D eigenvalue weighted by atomic mass is 10.2. The highest BCUT2D eigenvalue weighted by Crippen LogP contribution is 2.26. The number of halogens is 1. The minimum atomic E-state index is -0.495. The second-order valence-electron chi connectivity index (χ2n) is 7.00. The van der Waals surface area contributed by atoms with Crippen molar-refractivity contribution in [3.05, 3.63) is 69.1 Å². The number of aromatic nitrogens is 2. The molecule has 0 fully saturated rings. The number of non-ortho nitro benzene ring substituents is 1. The predicted molar refractivity (Wildman–Crippen MR) is 117 cm³/mol. The van der Waals surface area contributed by atoms with Gasteiger partial charge in [-0.2, -0.15) is 0 Å². The Kier molecular flexibility index (Phi) is 7.32.